The Kier molecular flexibility index (Phi) is 3.75. The van der Waals surface area contributed by atoms with E-state index in [-0.39, 0.29) is 0 Å². The molecule has 3 aromatic rings. The lowest BCUT2D eigenvalue weighted by Gasteiger charge is -1.97. The van der Waals surface area contributed by atoms with Gasteiger partial charge < -0.3 is 9.09 Å². The molecule has 0 radical (unpaired) electrons. The maximum absolute atomic E-state index is 5.85. The third-order valence-corrected chi connectivity index (χ3v) is 3.97. The number of halogens is 1. The standard InChI is InChI=1S/C13H11ClN4OS/c1-18-7-6-15-13(18)20-8-11-16-12(17-19-11)9-2-4-10(14)5-3-9/h2-7H,8H2,1H3. The van der Waals surface area contributed by atoms with E-state index in [1.807, 2.05) is 29.9 Å². The van der Waals surface area contributed by atoms with Crippen molar-refractivity contribution in [3.05, 3.63) is 47.6 Å². The van der Waals surface area contributed by atoms with Gasteiger partial charge in [-0.15, -0.1) is 0 Å². The number of hydrogen-bond donors (Lipinski definition) is 0. The van der Waals surface area contributed by atoms with Crippen molar-refractivity contribution in [2.45, 2.75) is 10.9 Å². The monoisotopic (exact) mass is 306 g/mol. The zero-order chi connectivity index (χ0) is 13.9. The van der Waals surface area contributed by atoms with E-state index in [0.717, 1.165) is 10.7 Å². The summed E-state index contributed by atoms with van der Waals surface area (Å²) in [5, 5.41) is 5.57. The molecule has 3 rings (SSSR count). The quantitative estimate of drug-likeness (QED) is 0.691. The van der Waals surface area contributed by atoms with Crippen LogP contribution in [0.5, 0.6) is 0 Å². The van der Waals surface area contributed by atoms with Crippen LogP contribution in [-0.4, -0.2) is 19.7 Å². The van der Waals surface area contributed by atoms with Crippen molar-refractivity contribution in [2.75, 3.05) is 0 Å². The Morgan fingerprint density at radius 3 is 2.80 bits per heavy atom. The largest absolute Gasteiger partial charge is 0.338 e. The van der Waals surface area contributed by atoms with E-state index >= 15 is 0 Å². The minimum Gasteiger partial charge on any atom is -0.338 e. The molecule has 0 spiro atoms. The van der Waals surface area contributed by atoms with Gasteiger partial charge in [0.2, 0.25) is 11.7 Å². The number of hydrogen-bond acceptors (Lipinski definition) is 5. The van der Waals surface area contributed by atoms with Crippen LogP contribution in [0.25, 0.3) is 11.4 Å². The van der Waals surface area contributed by atoms with Gasteiger partial charge in [-0.05, 0) is 24.3 Å². The average Bonchev–Trinajstić information content (AvgIpc) is 3.06. The normalized spacial score (nSPS) is 10.9. The highest BCUT2D eigenvalue weighted by molar-refractivity contribution is 7.98. The predicted molar refractivity (Wildman–Crippen MR) is 77.5 cm³/mol. The van der Waals surface area contributed by atoms with Crippen LogP contribution in [0.3, 0.4) is 0 Å². The Morgan fingerprint density at radius 2 is 2.10 bits per heavy atom. The Bertz CT molecular complexity index is 707. The number of aromatic nitrogens is 4. The summed E-state index contributed by atoms with van der Waals surface area (Å²) in [7, 11) is 1.95. The molecule has 5 nitrogen and oxygen atoms in total. The first-order valence-corrected chi connectivity index (χ1v) is 7.27. The topological polar surface area (TPSA) is 56.7 Å². The molecule has 0 bridgehead atoms. The average molecular weight is 307 g/mol. The predicted octanol–water partition coefficient (Wildman–Crippen LogP) is 3.42. The minimum atomic E-state index is 0.567. The van der Waals surface area contributed by atoms with Gasteiger partial charge in [0.1, 0.15) is 0 Å². The summed E-state index contributed by atoms with van der Waals surface area (Å²) in [5.74, 6) is 1.73. The van der Waals surface area contributed by atoms with Crippen LogP contribution in [0.15, 0.2) is 46.3 Å². The van der Waals surface area contributed by atoms with Crippen LogP contribution in [0.4, 0.5) is 0 Å². The maximum atomic E-state index is 5.85. The fourth-order valence-corrected chi connectivity index (χ4v) is 2.54. The van der Waals surface area contributed by atoms with Gasteiger partial charge in [-0.3, -0.25) is 0 Å². The summed E-state index contributed by atoms with van der Waals surface area (Å²) >= 11 is 7.40. The molecule has 0 amide bonds. The van der Waals surface area contributed by atoms with Crippen LogP contribution in [0, 0.1) is 0 Å². The second-order valence-corrected chi connectivity index (χ2v) is 5.51. The van der Waals surface area contributed by atoms with E-state index in [2.05, 4.69) is 15.1 Å². The summed E-state index contributed by atoms with van der Waals surface area (Å²) in [6, 6.07) is 7.33. The van der Waals surface area contributed by atoms with Crippen LogP contribution < -0.4 is 0 Å². The Balaban J connectivity index is 1.71. The Morgan fingerprint density at radius 1 is 1.30 bits per heavy atom. The van der Waals surface area contributed by atoms with Crippen molar-refractivity contribution < 1.29 is 4.52 Å². The number of thioether (sulfide) groups is 1. The summed E-state index contributed by atoms with van der Waals surface area (Å²) < 4.78 is 7.18. The molecule has 0 aliphatic rings. The van der Waals surface area contributed by atoms with Gasteiger partial charge in [-0.2, -0.15) is 4.98 Å². The van der Waals surface area contributed by atoms with Gasteiger partial charge in [0.15, 0.2) is 5.16 Å². The number of benzene rings is 1. The third-order valence-electron chi connectivity index (χ3n) is 2.67. The molecule has 0 saturated heterocycles. The van der Waals surface area contributed by atoms with E-state index in [4.69, 9.17) is 16.1 Å². The van der Waals surface area contributed by atoms with Crippen molar-refractivity contribution in [2.24, 2.45) is 7.05 Å². The molecule has 2 aromatic heterocycles. The molecule has 0 unspecified atom stereocenters. The molecular weight excluding hydrogens is 296 g/mol. The first-order valence-electron chi connectivity index (χ1n) is 5.91. The Labute approximate surface area is 125 Å². The van der Waals surface area contributed by atoms with Crippen LogP contribution in [-0.2, 0) is 12.8 Å². The van der Waals surface area contributed by atoms with Crippen molar-refractivity contribution >= 4 is 23.4 Å². The van der Waals surface area contributed by atoms with E-state index in [0.29, 0.717) is 22.5 Å². The Hall–Kier alpha value is -1.79. The zero-order valence-electron chi connectivity index (χ0n) is 10.7. The molecule has 2 heterocycles. The highest BCUT2D eigenvalue weighted by Crippen LogP contribution is 2.22. The molecule has 7 heteroatoms. The number of rotatable bonds is 4. The van der Waals surface area contributed by atoms with Crippen molar-refractivity contribution in [1.82, 2.24) is 19.7 Å². The first kappa shape index (κ1) is 13.2. The molecule has 0 aliphatic heterocycles. The lowest BCUT2D eigenvalue weighted by Crippen LogP contribution is -1.90. The van der Waals surface area contributed by atoms with Crippen molar-refractivity contribution in [3.63, 3.8) is 0 Å². The van der Waals surface area contributed by atoms with Gasteiger partial charge in [0.25, 0.3) is 0 Å². The highest BCUT2D eigenvalue weighted by Gasteiger charge is 2.10. The zero-order valence-corrected chi connectivity index (χ0v) is 12.2. The van der Waals surface area contributed by atoms with Gasteiger partial charge in [0.05, 0.1) is 5.75 Å². The van der Waals surface area contributed by atoms with E-state index in [1.54, 1.807) is 30.1 Å². The number of aryl methyl sites for hydroxylation is 1. The third kappa shape index (κ3) is 2.86. The number of nitrogens with zero attached hydrogens (tertiary/aromatic N) is 4. The van der Waals surface area contributed by atoms with Gasteiger partial charge >= 0.3 is 0 Å². The molecule has 0 atom stereocenters. The summed E-state index contributed by atoms with van der Waals surface area (Å²) in [5.41, 5.74) is 0.881. The van der Waals surface area contributed by atoms with Crippen LogP contribution in [0.2, 0.25) is 5.02 Å². The lowest BCUT2D eigenvalue weighted by atomic mass is 10.2. The summed E-state index contributed by atoms with van der Waals surface area (Å²) in [6.07, 6.45) is 3.66. The molecule has 0 fully saturated rings. The van der Waals surface area contributed by atoms with Gasteiger partial charge in [-0.1, -0.05) is 28.5 Å². The molecule has 1 aromatic carbocycles. The minimum absolute atomic E-state index is 0.567. The van der Waals surface area contributed by atoms with Crippen molar-refractivity contribution in [3.8, 4) is 11.4 Å². The molecule has 0 aliphatic carbocycles. The van der Waals surface area contributed by atoms with Gasteiger partial charge in [-0.25, -0.2) is 4.98 Å². The summed E-state index contributed by atoms with van der Waals surface area (Å²) in [6.45, 7) is 0. The maximum Gasteiger partial charge on any atom is 0.237 e. The highest BCUT2D eigenvalue weighted by atomic mass is 35.5. The SMILES string of the molecule is Cn1ccnc1SCc1nc(-c2ccc(Cl)cc2)no1. The fraction of sp³-hybridized carbons (Fsp3) is 0.154. The smallest absolute Gasteiger partial charge is 0.237 e. The number of imidazole rings is 1. The van der Waals surface area contributed by atoms with E-state index < -0.39 is 0 Å². The van der Waals surface area contributed by atoms with Gasteiger partial charge in [0, 0.05) is 30.0 Å². The first-order chi connectivity index (χ1) is 9.72. The molecule has 102 valence electrons. The van der Waals surface area contributed by atoms with E-state index in [9.17, 15) is 0 Å². The second-order valence-electron chi connectivity index (χ2n) is 4.13. The van der Waals surface area contributed by atoms with Crippen LogP contribution in [0.1, 0.15) is 5.89 Å². The molecular formula is C13H11ClN4OS. The van der Waals surface area contributed by atoms with Crippen molar-refractivity contribution in [1.29, 1.82) is 0 Å². The molecule has 20 heavy (non-hydrogen) atoms. The molecule has 0 N–H and O–H groups in total. The fourth-order valence-electron chi connectivity index (χ4n) is 1.65. The second kappa shape index (κ2) is 5.68. The van der Waals surface area contributed by atoms with Crippen LogP contribution >= 0.6 is 23.4 Å². The molecule has 0 saturated carbocycles. The lowest BCUT2D eigenvalue weighted by molar-refractivity contribution is 0.391. The summed E-state index contributed by atoms with van der Waals surface area (Å²) in [4.78, 5) is 8.59. The van der Waals surface area contributed by atoms with E-state index in [1.165, 1.54) is 0 Å².